The Balaban J connectivity index is 2.35. The third-order valence-electron chi connectivity index (χ3n) is 4.45. The number of hydrazine groups is 1. The number of nitrogens with two attached hydrogens (primary N) is 1. The molecule has 3 N–H and O–H groups in total. The number of nitrogens with zero attached hydrogens (tertiary/aromatic N) is 2. The van der Waals surface area contributed by atoms with E-state index in [9.17, 15) is 4.39 Å². The van der Waals surface area contributed by atoms with Crippen LogP contribution in [0, 0.1) is 5.82 Å². The largest absolute Gasteiger partial charge is 0.296 e. The van der Waals surface area contributed by atoms with Crippen LogP contribution in [0.1, 0.15) is 44.7 Å². The van der Waals surface area contributed by atoms with Crippen molar-refractivity contribution in [2.24, 2.45) is 5.84 Å². The number of likely N-dealkylation sites (tertiary alicyclic amines) is 1. The molecule has 0 bridgehead atoms. The van der Waals surface area contributed by atoms with E-state index in [0.29, 0.717) is 5.56 Å². The zero-order chi connectivity index (χ0) is 13.9. The predicted molar refractivity (Wildman–Crippen MR) is 73.8 cm³/mol. The highest BCUT2D eigenvalue weighted by Crippen LogP contribution is 2.36. The van der Waals surface area contributed by atoms with E-state index in [-0.39, 0.29) is 17.4 Å². The number of hydrogen-bond donors (Lipinski definition) is 2. The van der Waals surface area contributed by atoms with E-state index in [2.05, 4.69) is 29.2 Å². The van der Waals surface area contributed by atoms with Gasteiger partial charge < -0.3 is 0 Å². The summed E-state index contributed by atoms with van der Waals surface area (Å²) in [4.78, 5) is 6.22. The maximum absolute atomic E-state index is 14.0. The van der Waals surface area contributed by atoms with Gasteiger partial charge in [0.05, 0.1) is 12.2 Å². The number of rotatable bonds is 5. The molecule has 0 saturated carbocycles. The van der Waals surface area contributed by atoms with Gasteiger partial charge in [0.25, 0.3) is 0 Å². The minimum atomic E-state index is -0.302. The minimum Gasteiger partial charge on any atom is -0.296 e. The molecule has 1 aliphatic heterocycles. The minimum absolute atomic E-state index is 0.187. The Hall–Kier alpha value is -1.04. The van der Waals surface area contributed by atoms with Gasteiger partial charge in [-0.2, -0.15) is 0 Å². The summed E-state index contributed by atoms with van der Waals surface area (Å²) in [6.45, 7) is 6.38. The Morgan fingerprint density at radius 3 is 2.74 bits per heavy atom. The summed E-state index contributed by atoms with van der Waals surface area (Å²) >= 11 is 0. The summed E-state index contributed by atoms with van der Waals surface area (Å²) in [7, 11) is 0. The summed E-state index contributed by atoms with van der Waals surface area (Å²) in [6.07, 6.45) is 6.17. The van der Waals surface area contributed by atoms with Gasteiger partial charge in [-0.15, -0.1) is 0 Å². The van der Waals surface area contributed by atoms with E-state index in [1.807, 2.05) is 0 Å². The molecule has 0 aromatic carbocycles. The Morgan fingerprint density at radius 2 is 2.21 bits per heavy atom. The standard InChI is InChI=1S/C14H23FN4/c1-3-14(2,19-8-4-5-9-19)13(18-16)11-6-7-17-10-12(11)15/h6-7,10,13,18H,3-5,8-9,16H2,1-2H3. The molecule has 2 unspecified atom stereocenters. The Kier molecular flexibility index (Phi) is 4.50. The van der Waals surface area contributed by atoms with Crippen molar-refractivity contribution < 1.29 is 4.39 Å². The molecule has 2 atom stereocenters. The van der Waals surface area contributed by atoms with Crippen LogP contribution in [0.4, 0.5) is 4.39 Å². The van der Waals surface area contributed by atoms with Crippen molar-refractivity contribution in [2.45, 2.75) is 44.7 Å². The van der Waals surface area contributed by atoms with Gasteiger partial charge in [-0.25, -0.2) is 4.39 Å². The first-order chi connectivity index (χ1) is 9.13. The summed E-state index contributed by atoms with van der Waals surface area (Å²) in [5.41, 5.74) is 3.22. The topological polar surface area (TPSA) is 54.2 Å². The van der Waals surface area contributed by atoms with Crippen LogP contribution >= 0.6 is 0 Å². The van der Waals surface area contributed by atoms with Crippen LogP contribution in [0.3, 0.4) is 0 Å². The molecule has 2 rings (SSSR count). The molecule has 0 spiro atoms. The normalized spacial score (nSPS) is 21.3. The van der Waals surface area contributed by atoms with E-state index >= 15 is 0 Å². The molecule has 1 aliphatic rings. The zero-order valence-corrected chi connectivity index (χ0v) is 11.7. The maximum Gasteiger partial charge on any atom is 0.146 e. The molecule has 5 heteroatoms. The molecule has 2 heterocycles. The van der Waals surface area contributed by atoms with Gasteiger partial charge in [-0.3, -0.25) is 21.2 Å². The molecule has 19 heavy (non-hydrogen) atoms. The first-order valence-corrected chi connectivity index (χ1v) is 6.94. The van der Waals surface area contributed by atoms with Gasteiger partial charge in [-0.05, 0) is 45.3 Å². The van der Waals surface area contributed by atoms with Crippen molar-refractivity contribution >= 4 is 0 Å². The first kappa shape index (κ1) is 14.4. The van der Waals surface area contributed by atoms with E-state index in [4.69, 9.17) is 5.84 Å². The number of aromatic nitrogens is 1. The van der Waals surface area contributed by atoms with Gasteiger partial charge in [-0.1, -0.05) is 6.92 Å². The van der Waals surface area contributed by atoms with Crippen molar-refractivity contribution in [2.75, 3.05) is 13.1 Å². The van der Waals surface area contributed by atoms with Gasteiger partial charge in [0.15, 0.2) is 0 Å². The molecule has 0 aliphatic carbocycles. The Morgan fingerprint density at radius 1 is 1.53 bits per heavy atom. The lowest BCUT2D eigenvalue weighted by atomic mass is 9.83. The van der Waals surface area contributed by atoms with Crippen molar-refractivity contribution in [3.8, 4) is 0 Å². The lowest BCUT2D eigenvalue weighted by Crippen LogP contribution is -2.55. The van der Waals surface area contributed by atoms with Crippen LogP contribution in [-0.2, 0) is 0 Å². The van der Waals surface area contributed by atoms with Crippen LogP contribution in [0.25, 0.3) is 0 Å². The van der Waals surface area contributed by atoms with Gasteiger partial charge in [0.1, 0.15) is 5.82 Å². The SMILES string of the molecule is CCC(C)(C(NN)c1ccncc1F)N1CCCC1. The number of nitrogens with one attached hydrogen (secondary N) is 1. The lowest BCUT2D eigenvalue weighted by Gasteiger charge is -2.44. The average molecular weight is 266 g/mol. The van der Waals surface area contributed by atoms with Crippen molar-refractivity contribution in [3.05, 3.63) is 29.8 Å². The number of halogens is 1. The molecule has 106 valence electrons. The molecule has 0 radical (unpaired) electrons. The van der Waals surface area contributed by atoms with Crippen LogP contribution < -0.4 is 11.3 Å². The molecule has 1 aromatic rings. The molecule has 1 fully saturated rings. The second-order valence-corrected chi connectivity index (χ2v) is 5.40. The van der Waals surface area contributed by atoms with Crippen LogP contribution in [0.5, 0.6) is 0 Å². The third kappa shape index (κ3) is 2.63. The van der Waals surface area contributed by atoms with E-state index in [0.717, 1.165) is 19.5 Å². The van der Waals surface area contributed by atoms with E-state index in [1.54, 1.807) is 12.3 Å². The summed E-state index contributed by atoms with van der Waals surface area (Å²) in [6, 6.07) is 1.47. The summed E-state index contributed by atoms with van der Waals surface area (Å²) < 4.78 is 14.0. The van der Waals surface area contributed by atoms with Gasteiger partial charge in [0, 0.05) is 17.3 Å². The van der Waals surface area contributed by atoms with Crippen molar-refractivity contribution in [1.29, 1.82) is 0 Å². The fourth-order valence-electron chi connectivity index (χ4n) is 3.06. The van der Waals surface area contributed by atoms with Crippen molar-refractivity contribution in [1.82, 2.24) is 15.3 Å². The highest BCUT2D eigenvalue weighted by molar-refractivity contribution is 5.22. The third-order valence-corrected chi connectivity index (χ3v) is 4.45. The maximum atomic E-state index is 14.0. The second-order valence-electron chi connectivity index (χ2n) is 5.40. The Bertz CT molecular complexity index is 420. The van der Waals surface area contributed by atoms with E-state index < -0.39 is 0 Å². The molecule has 1 aromatic heterocycles. The number of pyridine rings is 1. The highest BCUT2D eigenvalue weighted by atomic mass is 19.1. The van der Waals surface area contributed by atoms with Gasteiger partial charge in [0.2, 0.25) is 0 Å². The van der Waals surface area contributed by atoms with Crippen LogP contribution in [0.2, 0.25) is 0 Å². The molecule has 1 saturated heterocycles. The lowest BCUT2D eigenvalue weighted by molar-refractivity contribution is 0.0824. The second kappa shape index (κ2) is 5.94. The van der Waals surface area contributed by atoms with Crippen LogP contribution in [-0.4, -0.2) is 28.5 Å². The molecular weight excluding hydrogens is 243 g/mol. The highest BCUT2D eigenvalue weighted by Gasteiger charge is 2.40. The van der Waals surface area contributed by atoms with E-state index in [1.165, 1.54) is 19.0 Å². The molecule has 4 nitrogen and oxygen atoms in total. The van der Waals surface area contributed by atoms with Crippen molar-refractivity contribution in [3.63, 3.8) is 0 Å². The molecular formula is C14H23FN4. The molecule has 0 amide bonds. The number of hydrogen-bond acceptors (Lipinski definition) is 4. The average Bonchev–Trinajstić information content (AvgIpc) is 2.96. The monoisotopic (exact) mass is 266 g/mol. The fraction of sp³-hybridized carbons (Fsp3) is 0.643. The summed E-state index contributed by atoms with van der Waals surface area (Å²) in [5, 5.41) is 0. The van der Waals surface area contributed by atoms with Crippen LogP contribution in [0.15, 0.2) is 18.5 Å². The summed E-state index contributed by atoms with van der Waals surface area (Å²) in [5.74, 6) is 5.44. The zero-order valence-electron chi connectivity index (χ0n) is 11.7. The smallest absolute Gasteiger partial charge is 0.146 e. The fourth-order valence-corrected chi connectivity index (χ4v) is 3.06. The Labute approximate surface area is 114 Å². The first-order valence-electron chi connectivity index (χ1n) is 6.94. The quantitative estimate of drug-likeness (QED) is 0.632. The predicted octanol–water partition coefficient (Wildman–Crippen LogP) is 1.99. The van der Waals surface area contributed by atoms with Gasteiger partial charge >= 0.3 is 0 Å².